The highest BCUT2D eigenvalue weighted by molar-refractivity contribution is 5.63. The molecule has 0 saturated carbocycles. The molecule has 0 radical (unpaired) electrons. The van der Waals surface area contributed by atoms with E-state index in [-0.39, 0.29) is 5.75 Å². The minimum atomic E-state index is -0.395. The zero-order valence-corrected chi connectivity index (χ0v) is 8.12. The molecular formula is C10H10FN3O. The van der Waals surface area contributed by atoms with E-state index in [1.165, 1.54) is 13.2 Å². The summed E-state index contributed by atoms with van der Waals surface area (Å²) in [5, 5.41) is 6.53. The van der Waals surface area contributed by atoms with Gasteiger partial charge in [0.25, 0.3) is 0 Å². The second-order valence-electron chi connectivity index (χ2n) is 3.06. The van der Waals surface area contributed by atoms with E-state index in [2.05, 4.69) is 10.2 Å². The summed E-state index contributed by atoms with van der Waals surface area (Å²) < 4.78 is 18.0. The number of benzene rings is 1. The van der Waals surface area contributed by atoms with Gasteiger partial charge in [0.1, 0.15) is 5.82 Å². The molecule has 0 aliphatic rings. The van der Waals surface area contributed by atoms with Crippen molar-refractivity contribution in [1.29, 1.82) is 0 Å². The molecule has 4 nitrogen and oxygen atoms in total. The van der Waals surface area contributed by atoms with Gasteiger partial charge in [-0.15, -0.1) is 0 Å². The highest BCUT2D eigenvalue weighted by Crippen LogP contribution is 2.25. The van der Waals surface area contributed by atoms with Crippen molar-refractivity contribution >= 4 is 5.82 Å². The second kappa shape index (κ2) is 3.61. The molecule has 0 bridgehead atoms. The monoisotopic (exact) mass is 207 g/mol. The van der Waals surface area contributed by atoms with Crippen LogP contribution in [0.5, 0.6) is 5.75 Å². The van der Waals surface area contributed by atoms with Crippen LogP contribution in [0.1, 0.15) is 0 Å². The van der Waals surface area contributed by atoms with E-state index in [0.29, 0.717) is 5.82 Å². The Morgan fingerprint density at radius 3 is 2.80 bits per heavy atom. The Kier molecular flexibility index (Phi) is 2.29. The van der Waals surface area contributed by atoms with Crippen molar-refractivity contribution in [2.45, 2.75) is 0 Å². The van der Waals surface area contributed by atoms with Crippen LogP contribution in [0.2, 0.25) is 0 Å². The van der Waals surface area contributed by atoms with E-state index >= 15 is 0 Å². The molecule has 1 aromatic heterocycles. The highest BCUT2D eigenvalue weighted by Gasteiger charge is 2.06. The van der Waals surface area contributed by atoms with Crippen LogP contribution in [0.4, 0.5) is 10.2 Å². The lowest BCUT2D eigenvalue weighted by Crippen LogP contribution is -1.88. The minimum Gasteiger partial charge on any atom is -0.494 e. The molecule has 1 aromatic carbocycles. The van der Waals surface area contributed by atoms with Crippen LogP contribution >= 0.6 is 0 Å². The predicted molar refractivity (Wildman–Crippen MR) is 54.9 cm³/mol. The van der Waals surface area contributed by atoms with E-state index < -0.39 is 5.82 Å². The number of aromatic nitrogens is 2. The van der Waals surface area contributed by atoms with Gasteiger partial charge >= 0.3 is 0 Å². The Labute approximate surface area is 85.9 Å². The largest absolute Gasteiger partial charge is 0.494 e. The zero-order chi connectivity index (χ0) is 10.8. The first-order valence-corrected chi connectivity index (χ1v) is 4.35. The van der Waals surface area contributed by atoms with Crippen molar-refractivity contribution in [3.63, 3.8) is 0 Å². The molecule has 0 spiro atoms. The molecule has 2 aromatic rings. The van der Waals surface area contributed by atoms with E-state index in [9.17, 15) is 4.39 Å². The Morgan fingerprint density at radius 1 is 1.40 bits per heavy atom. The SMILES string of the molecule is COc1cc(-c2cc(N)n[nH]2)ccc1F. The number of nitrogens with two attached hydrogens (primary N) is 1. The van der Waals surface area contributed by atoms with Crippen molar-refractivity contribution in [1.82, 2.24) is 10.2 Å². The van der Waals surface area contributed by atoms with Gasteiger partial charge in [-0.2, -0.15) is 5.10 Å². The number of halogens is 1. The number of hydrogen-bond acceptors (Lipinski definition) is 3. The van der Waals surface area contributed by atoms with Crippen molar-refractivity contribution in [3.05, 3.63) is 30.1 Å². The molecule has 0 saturated heterocycles. The summed E-state index contributed by atoms with van der Waals surface area (Å²) in [6.45, 7) is 0. The summed E-state index contributed by atoms with van der Waals surface area (Å²) in [6, 6.07) is 6.23. The molecule has 0 unspecified atom stereocenters. The maximum atomic E-state index is 13.1. The smallest absolute Gasteiger partial charge is 0.165 e. The minimum absolute atomic E-state index is 0.195. The molecule has 0 amide bonds. The Balaban J connectivity index is 2.45. The van der Waals surface area contributed by atoms with E-state index in [1.807, 2.05) is 0 Å². The van der Waals surface area contributed by atoms with Crippen LogP contribution in [-0.2, 0) is 0 Å². The molecule has 3 N–H and O–H groups in total. The molecule has 1 heterocycles. The normalized spacial score (nSPS) is 10.3. The topological polar surface area (TPSA) is 63.9 Å². The number of rotatable bonds is 2. The van der Waals surface area contributed by atoms with Gasteiger partial charge in [0.15, 0.2) is 11.6 Å². The van der Waals surface area contributed by atoms with Gasteiger partial charge in [0.2, 0.25) is 0 Å². The Morgan fingerprint density at radius 2 is 2.20 bits per heavy atom. The number of hydrogen-bond donors (Lipinski definition) is 2. The number of nitrogens with zero attached hydrogens (tertiary/aromatic N) is 1. The summed E-state index contributed by atoms with van der Waals surface area (Å²) in [7, 11) is 1.42. The molecule has 15 heavy (non-hydrogen) atoms. The fourth-order valence-corrected chi connectivity index (χ4v) is 1.31. The first kappa shape index (κ1) is 9.51. The van der Waals surface area contributed by atoms with Crippen LogP contribution in [0.3, 0.4) is 0 Å². The number of ether oxygens (including phenoxy) is 1. The van der Waals surface area contributed by atoms with Crippen LogP contribution < -0.4 is 10.5 Å². The first-order valence-electron chi connectivity index (χ1n) is 4.35. The lowest BCUT2D eigenvalue weighted by molar-refractivity contribution is 0.387. The van der Waals surface area contributed by atoms with Gasteiger partial charge in [-0.1, -0.05) is 0 Å². The molecule has 0 aliphatic heterocycles. The molecular weight excluding hydrogens is 197 g/mol. The van der Waals surface area contributed by atoms with Crippen LogP contribution in [0.15, 0.2) is 24.3 Å². The third-order valence-corrected chi connectivity index (χ3v) is 2.06. The van der Waals surface area contributed by atoms with Crippen molar-refractivity contribution in [2.24, 2.45) is 0 Å². The average Bonchev–Trinajstić information content (AvgIpc) is 2.66. The molecule has 5 heteroatoms. The lowest BCUT2D eigenvalue weighted by atomic mass is 10.1. The maximum Gasteiger partial charge on any atom is 0.165 e. The average molecular weight is 207 g/mol. The molecule has 78 valence electrons. The standard InChI is InChI=1S/C10H10FN3O/c1-15-9-4-6(2-3-7(9)11)8-5-10(12)14-13-8/h2-5H,1H3,(H3,12,13,14). The van der Waals surface area contributed by atoms with Gasteiger partial charge in [0, 0.05) is 11.6 Å². The van der Waals surface area contributed by atoms with E-state index in [0.717, 1.165) is 11.3 Å². The predicted octanol–water partition coefficient (Wildman–Crippen LogP) is 1.81. The quantitative estimate of drug-likeness (QED) is 0.789. The fraction of sp³-hybridized carbons (Fsp3) is 0.100. The number of nitrogen functional groups attached to an aromatic ring is 1. The van der Waals surface area contributed by atoms with Crippen LogP contribution in [0, 0.1) is 5.82 Å². The maximum absolute atomic E-state index is 13.1. The molecule has 0 aliphatic carbocycles. The zero-order valence-electron chi connectivity index (χ0n) is 8.12. The summed E-state index contributed by atoms with van der Waals surface area (Å²) >= 11 is 0. The number of aromatic amines is 1. The number of H-pyrrole nitrogens is 1. The number of anilines is 1. The van der Waals surface area contributed by atoms with Crippen molar-refractivity contribution < 1.29 is 9.13 Å². The Bertz CT molecular complexity index is 481. The van der Waals surface area contributed by atoms with Crippen molar-refractivity contribution in [2.75, 3.05) is 12.8 Å². The summed E-state index contributed by atoms with van der Waals surface area (Å²) in [4.78, 5) is 0. The number of nitrogens with one attached hydrogen (secondary N) is 1. The summed E-state index contributed by atoms with van der Waals surface area (Å²) in [6.07, 6.45) is 0. The van der Waals surface area contributed by atoms with Gasteiger partial charge in [-0.25, -0.2) is 4.39 Å². The third-order valence-electron chi connectivity index (χ3n) is 2.06. The molecule has 0 fully saturated rings. The Hall–Kier alpha value is -2.04. The first-order chi connectivity index (χ1) is 7.20. The van der Waals surface area contributed by atoms with Crippen LogP contribution in [-0.4, -0.2) is 17.3 Å². The number of methoxy groups -OCH3 is 1. The van der Waals surface area contributed by atoms with Gasteiger partial charge in [-0.05, 0) is 18.2 Å². The highest BCUT2D eigenvalue weighted by atomic mass is 19.1. The second-order valence-corrected chi connectivity index (χ2v) is 3.06. The van der Waals surface area contributed by atoms with Gasteiger partial charge in [-0.3, -0.25) is 5.10 Å². The van der Waals surface area contributed by atoms with E-state index in [4.69, 9.17) is 10.5 Å². The van der Waals surface area contributed by atoms with Gasteiger partial charge in [0.05, 0.1) is 12.8 Å². The summed E-state index contributed by atoms with van der Waals surface area (Å²) in [5.74, 6) is 0.197. The lowest BCUT2D eigenvalue weighted by Gasteiger charge is -2.03. The third kappa shape index (κ3) is 1.76. The van der Waals surface area contributed by atoms with Crippen molar-refractivity contribution in [3.8, 4) is 17.0 Å². The fourth-order valence-electron chi connectivity index (χ4n) is 1.31. The summed E-state index contributed by atoms with van der Waals surface area (Å²) in [5.41, 5.74) is 6.97. The van der Waals surface area contributed by atoms with Gasteiger partial charge < -0.3 is 10.5 Å². The van der Waals surface area contributed by atoms with Crippen LogP contribution in [0.25, 0.3) is 11.3 Å². The van der Waals surface area contributed by atoms with E-state index in [1.54, 1.807) is 18.2 Å². The molecule has 2 rings (SSSR count). The molecule has 0 atom stereocenters.